The number of benzene rings is 2. The van der Waals surface area contributed by atoms with E-state index in [0.717, 1.165) is 5.56 Å². The molecule has 2 aromatic carbocycles. The van der Waals surface area contributed by atoms with E-state index in [1.165, 1.54) is 22.3 Å². The Labute approximate surface area is 136 Å². The maximum atomic E-state index is 6.23. The molecule has 1 unspecified atom stereocenters. The lowest BCUT2D eigenvalue weighted by Crippen LogP contribution is -1.97. The number of aliphatic imine (C=N–C) groups is 1. The number of rotatable bonds is 3. The molecule has 0 aromatic heterocycles. The first-order valence-corrected chi connectivity index (χ1v) is 7.70. The van der Waals surface area contributed by atoms with Crippen molar-refractivity contribution in [1.29, 1.82) is 0 Å². The van der Waals surface area contributed by atoms with Gasteiger partial charge in [0.2, 0.25) is 0 Å². The van der Waals surface area contributed by atoms with E-state index in [2.05, 4.69) is 37.9 Å². The third-order valence-electron chi connectivity index (χ3n) is 3.58. The number of nitrogens with zero attached hydrogens (tertiary/aromatic N) is 1. The van der Waals surface area contributed by atoms with Crippen molar-refractivity contribution in [1.82, 2.24) is 0 Å². The summed E-state index contributed by atoms with van der Waals surface area (Å²) >= 11 is 12.2. The van der Waals surface area contributed by atoms with Crippen molar-refractivity contribution in [2.24, 2.45) is 4.99 Å². The summed E-state index contributed by atoms with van der Waals surface area (Å²) in [6, 6.07) is 9.88. The van der Waals surface area contributed by atoms with Gasteiger partial charge in [-0.25, -0.2) is 0 Å². The minimum Gasteiger partial charge on any atom is -0.285 e. The smallest absolute Gasteiger partial charge is 0.0735 e. The molecule has 0 bridgehead atoms. The molecule has 3 heteroatoms. The zero-order chi connectivity index (χ0) is 15.6. The number of hydrogen-bond acceptors (Lipinski definition) is 1. The minimum atomic E-state index is -0.00475. The lowest BCUT2D eigenvalue weighted by atomic mass is 10.0. The molecule has 0 aliphatic rings. The first kappa shape index (κ1) is 16.1. The summed E-state index contributed by atoms with van der Waals surface area (Å²) in [6.45, 7) is 8.37. The number of hydrogen-bond donors (Lipinski definition) is 0. The van der Waals surface area contributed by atoms with E-state index >= 15 is 0 Å². The van der Waals surface area contributed by atoms with Crippen LogP contribution in [0.4, 0.5) is 0 Å². The fourth-order valence-corrected chi connectivity index (χ4v) is 3.07. The molecule has 0 radical (unpaired) electrons. The highest BCUT2D eigenvalue weighted by Gasteiger charge is 2.09. The summed E-state index contributed by atoms with van der Waals surface area (Å²) in [5, 5.41) is 1.30. The van der Waals surface area contributed by atoms with Crippen LogP contribution in [0.25, 0.3) is 0 Å². The highest BCUT2D eigenvalue weighted by atomic mass is 35.5. The second kappa shape index (κ2) is 6.64. The van der Waals surface area contributed by atoms with Crippen LogP contribution in [-0.4, -0.2) is 6.21 Å². The first-order chi connectivity index (χ1) is 9.88. The molecule has 0 saturated heterocycles. The zero-order valence-electron chi connectivity index (χ0n) is 12.7. The Morgan fingerprint density at radius 2 is 1.62 bits per heavy atom. The van der Waals surface area contributed by atoms with Crippen molar-refractivity contribution < 1.29 is 0 Å². The third kappa shape index (κ3) is 3.87. The monoisotopic (exact) mass is 319 g/mol. The van der Waals surface area contributed by atoms with Gasteiger partial charge in [0.1, 0.15) is 0 Å². The predicted molar refractivity (Wildman–Crippen MR) is 93.1 cm³/mol. The molecular formula is C18H19Cl2N. The fourth-order valence-electron chi connectivity index (χ4n) is 2.50. The Hall–Kier alpha value is -1.31. The van der Waals surface area contributed by atoms with E-state index in [0.29, 0.717) is 10.0 Å². The van der Waals surface area contributed by atoms with Gasteiger partial charge < -0.3 is 0 Å². The van der Waals surface area contributed by atoms with Crippen molar-refractivity contribution in [3.05, 3.63) is 68.2 Å². The Morgan fingerprint density at radius 3 is 2.19 bits per heavy atom. The molecule has 0 aliphatic heterocycles. The summed E-state index contributed by atoms with van der Waals surface area (Å²) in [5.41, 5.74) is 5.92. The molecule has 0 fully saturated rings. The van der Waals surface area contributed by atoms with Crippen LogP contribution in [-0.2, 0) is 0 Å². The summed E-state index contributed by atoms with van der Waals surface area (Å²) in [7, 11) is 0. The Kier molecular flexibility index (Phi) is 5.08. The van der Waals surface area contributed by atoms with Crippen LogP contribution in [0.5, 0.6) is 0 Å². The van der Waals surface area contributed by atoms with Crippen LogP contribution in [0.15, 0.2) is 35.3 Å². The van der Waals surface area contributed by atoms with Gasteiger partial charge in [0.05, 0.1) is 6.04 Å². The second-order valence-electron chi connectivity index (χ2n) is 5.43. The summed E-state index contributed by atoms with van der Waals surface area (Å²) in [6.07, 6.45) is 1.94. The molecule has 0 N–H and O–H groups in total. The van der Waals surface area contributed by atoms with Gasteiger partial charge in [-0.05, 0) is 62.1 Å². The molecule has 110 valence electrons. The van der Waals surface area contributed by atoms with Crippen molar-refractivity contribution in [2.45, 2.75) is 33.7 Å². The standard InChI is InChI=1S/C18H19Cl2N/c1-11-7-12(2)17(13(3)8-11)10-21-14(4)16-6-5-15(19)9-18(16)20/h5-10,14H,1-4H3/b21-10-. The molecule has 0 amide bonds. The van der Waals surface area contributed by atoms with Gasteiger partial charge in [0.25, 0.3) is 0 Å². The van der Waals surface area contributed by atoms with E-state index in [-0.39, 0.29) is 6.04 Å². The van der Waals surface area contributed by atoms with Gasteiger partial charge in [-0.15, -0.1) is 0 Å². The molecule has 0 saturated carbocycles. The van der Waals surface area contributed by atoms with E-state index in [4.69, 9.17) is 23.2 Å². The van der Waals surface area contributed by atoms with Crippen molar-refractivity contribution in [3.8, 4) is 0 Å². The lowest BCUT2D eigenvalue weighted by molar-refractivity contribution is 0.825. The van der Waals surface area contributed by atoms with Gasteiger partial charge in [0, 0.05) is 16.3 Å². The van der Waals surface area contributed by atoms with Gasteiger partial charge in [0.15, 0.2) is 0 Å². The average molecular weight is 320 g/mol. The van der Waals surface area contributed by atoms with E-state index < -0.39 is 0 Å². The zero-order valence-corrected chi connectivity index (χ0v) is 14.3. The molecule has 2 rings (SSSR count). The van der Waals surface area contributed by atoms with Crippen LogP contribution < -0.4 is 0 Å². The van der Waals surface area contributed by atoms with E-state index in [9.17, 15) is 0 Å². The van der Waals surface area contributed by atoms with Crippen molar-refractivity contribution >= 4 is 29.4 Å². The predicted octanol–water partition coefficient (Wildman–Crippen LogP) is 6.10. The second-order valence-corrected chi connectivity index (χ2v) is 6.28. The fraction of sp³-hybridized carbons (Fsp3) is 0.278. The molecule has 1 atom stereocenters. The summed E-state index contributed by atoms with van der Waals surface area (Å²) in [4.78, 5) is 4.65. The lowest BCUT2D eigenvalue weighted by Gasteiger charge is -2.11. The van der Waals surface area contributed by atoms with Gasteiger partial charge in [-0.2, -0.15) is 0 Å². The minimum absolute atomic E-state index is 0.00475. The van der Waals surface area contributed by atoms with Crippen LogP contribution in [0.3, 0.4) is 0 Å². The van der Waals surface area contributed by atoms with Crippen LogP contribution >= 0.6 is 23.2 Å². The number of aryl methyl sites for hydroxylation is 3. The highest BCUT2D eigenvalue weighted by Crippen LogP contribution is 2.28. The van der Waals surface area contributed by atoms with Crippen molar-refractivity contribution in [3.63, 3.8) is 0 Å². The van der Waals surface area contributed by atoms with Gasteiger partial charge >= 0.3 is 0 Å². The normalized spacial score (nSPS) is 12.9. The van der Waals surface area contributed by atoms with Crippen LogP contribution in [0, 0.1) is 20.8 Å². The van der Waals surface area contributed by atoms with Crippen molar-refractivity contribution in [2.75, 3.05) is 0 Å². The SMILES string of the molecule is Cc1cc(C)c(/C=N\C(C)c2ccc(Cl)cc2Cl)c(C)c1. The Balaban J connectivity index is 2.29. The van der Waals surface area contributed by atoms with Crippen LogP contribution in [0.2, 0.25) is 10.0 Å². The largest absolute Gasteiger partial charge is 0.285 e. The molecule has 0 heterocycles. The Bertz CT molecular complexity index is 667. The molecule has 0 spiro atoms. The maximum Gasteiger partial charge on any atom is 0.0735 e. The van der Waals surface area contributed by atoms with E-state index in [1.807, 2.05) is 25.3 Å². The maximum absolute atomic E-state index is 6.23. The molecule has 21 heavy (non-hydrogen) atoms. The molecule has 2 aromatic rings. The summed E-state index contributed by atoms with van der Waals surface area (Å²) < 4.78 is 0. The first-order valence-electron chi connectivity index (χ1n) is 6.94. The number of halogens is 2. The molecule has 1 nitrogen and oxygen atoms in total. The molecular weight excluding hydrogens is 301 g/mol. The topological polar surface area (TPSA) is 12.4 Å². The van der Waals surface area contributed by atoms with Gasteiger partial charge in [-0.1, -0.05) is 47.0 Å². The Morgan fingerprint density at radius 1 is 1.00 bits per heavy atom. The van der Waals surface area contributed by atoms with Crippen LogP contribution in [0.1, 0.15) is 40.8 Å². The van der Waals surface area contributed by atoms with E-state index in [1.54, 1.807) is 6.07 Å². The molecule has 0 aliphatic carbocycles. The quantitative estimate of drug-likeness (QED) is 0.606. The average Bonchev–Trinajstić information content (AvgIpc) is 2.36. The van der Waals surface area contributed by atoms with Gasteiger partial charge in [-0.3, -0.25) is 4.99 Å². The third-order valence-corrected chi connectivity index (χ3v) is 4.14. The summed E-state index contributed by atoms with van der Waals surface area (Å²) in [5.74, 6) is 0. The highest BCUT2D eigenvalue weighted by molar-refractivity contribution is 6.35.